The summed E-state index contributed by atoms with van der Waals surface area (Å²) in [7, 11) is 0. The standard InChI is InChI=1S/C12H13NO3/c1-8(14)9-2-3-11-10(6-9)4-5-13(11)7-12(15)16/h2-3,6H,4-5,7H2,1H3,(H,15,16). The lowest BCUT2D eigenvalue weighted by molar-refractivity contribution is -0.135. The summed E-state index contributed by atoms with van der Waals surface area (Å²) < 4.78 is 0. The number of hydrogen-bond acceptors (Lipinski definition) is 3. The number of fused-ring (bicyclic) bond motifs is 1. The average molecular weight is 219 g/mol. The van der Waals surface area contributed by atoms with Crippen molar-refractivity contribution in [2.45, 2.75) is 13.3 Å². The Morgan fingerprint density at radius 2 is 2.19 bits per heavy atom. The third kappa shape index (κ3) is 1.91. The zero-order chi connectivity index (χ0) is 11.7. The Morgan fingerprint density at radius 1 is 1.44 bits per heavy atom. The van der Waals surface area contributed by atoms with E-state index in [1.165, 1.54) is 6.92 Å². The monoisotopic (exact) mass is 219 g/mol. The molecule has 1 heterocycles. The highest BCUT2D eigenvalue weighted by atomic mass is 16.4. The molecular weight excluding hydrogens is 206 g/mol. The fourth-order valence-corrected chi connectivity index (χ4v) is 2.02. The molecule has 0 aromatic heterocycles. The van der Waals surface area contributed by atoms with Crippen LogP contribution in [0, 0.1) is 0 Å². The van der Waals surface area contributed by atoms with Crippen LogP contribution >= 0.6 is 0 Å². The molecule has 0 spiro atoms. The normalized spacial score (nSPS) is 13.7. The lowest BCUT2D eigenvalue weighted by atomic mass is 10.1. The van der Waals surface area contributed by atoms with Crippen molar-refractivity contribution >= 4 is 17.4 Å². The number of ketones is 1. The molecule has 0 saturated heterocycles. The Labute approximate surface area is 93.5 Å². The number of aliphatic carboxylic acids is 1. The van der Waals surface area contributed by atoms with Crippen LogP contribution in [0.1, 0.15) is 22.8 Å². The molecule has 4 heteroatoms. The second-order valence-corrected chi connectivity index (χ2v) is 3.96. The molecule has 1 aliphatic heterocycles. The van der Waals surface area contributed by atoms with Crippen LogP contribution in [0.4, 0.5) is 5.69 Å². The highest BCUT2D eigenvalue weighted by molar-refractivity contribution is 5.95. The van der Waals surface area contributed by atoms with Crippen LogP contribution in [0.3, 0.4) is 0 Å². The lowest BCUT2D eigenvalue weighted by Crippen LogP contribution is -2.27. The predicted molar refractivity (Wildman–Crippen MR) is 60.0 cm³/mol. The van der Waals surface area contributed by atoms with Crippen LogP contribution in [0.5, 0.6) is 0 Å². The molecule has 0 aliphatic carbocycles. The summed E-state index contributed by atoms with van der Waals surface area (Å²) >= 11 is 0. The van der Waals surface area contributed by atoms with Gasteiger partial charge in [0.05, 0.1) is 0 Å². The molecule has 2 rings (SSSR count). The van der Waals surface area contributed by atoms with E-state index < -0.39 is 5.97 Å². The minimum absolute atomic E-state index is 0.0203. The number of carbonyl (C=O) groups is 2. The van der Waals surface area contributed by atoms with Crippen molar-refractivity contribution in [2.24, 2.45) is 0 Å². The van der Waals surface area contributed by atoms with E-state index in [4.69, 9.17) is 5.11 Å². The molecule has 1 aromatic rings. The van der Waals surface area contributed by atoms with Crippen LogP contribution in [-0.4, -0.2) is 29.9 Å². The van der Waals surface area contributed by atoms with Gasteiger partial charge in [-0.05, 0) is 37.1 Å². The molecule has 1 aromatic carbocycles. The maximum atomic E-state index is 11.2. The molecular formula is C12H13NO3. The first-order chi connectivity index (χ1) is 7.58. The molecule has 0 radical (unpaired) electrons. The highest BCUT2D eigenvalue weighted by Gasteiger charge is 2.21. The number of anilines is 1. The summed E-state index contributed by atoms with van der Waals surface area (Å²) in [6.07, 6.45) is 0.809. The van der Waals surface area contributed by atoms with Gasteiger partial charge in [-0.1, -0.05) is 0 Å². The number of Topliss-reactive ketones (excluding diaryl/α,β-unsaturated/α-hetero) is 1. The van der Waals surface area contributed by atoms with Crippen molar-refractivity contribution in [1.29, 1.82) is 0 Å². The average Bonchev–Trinajstić information content (AvgIpc) is 2.60. The summed E-state index contributed by atoms with van der Waals surface area (Å²) in [6, 6.07) is 5.45. The van der Waals surface area contributed by atoms with Gasteiger partial charge in [0.2, 0.25) is 0 Å². The quantitative estimate of drug-likeness (QED) is 0.779. The van der Waals surface area contributed by atoms with Crippen LogP contribution in [-0.2, 0) is 11.2 Å². The predicted octanol–water partition coefficient (Wildman–Crippen LogP) is 1.34. The summed E-state index contributed by atoms with van der Waals surface area (Å²) in [5.41, 5.74) is 2.69. The van der Waals surface area contributed by atoms with E-state index in [1.807, 2.05) is 17.0 Å². The fraction of sp³-hybridized carbons (Fsp3) is 0.333. The number of carbonyl (C=O) groups excluding carboxylic acids is 1. The van der Waals surface area contributed by atoms with E-state index in [2.05, 4.69) is 0 Å². The van der Waals surface area contributed by atoms with Crippen molar-refractivity contribution in [1.82, 2.24) is 0 Å². The summed E-state index contributed by atoms with van der Waals surface area (Å²) in [6.45, 7) is 2.26. The maximum absolute atomic E-state index is 11.2. The van der Waals surface area contributed by atoms with E-state index in [9.17, 15) is 9.59 Å². The lowest BCUT2D eigenvalue weighted by Gasteiger charge is -2.16. The van der Waals surface area contributed by atoms with Crippen molar-refractivity contribution in [3.8, 4) is 0 Å². The Bertz CT molecular complexity index is 454. The second-order valence-electron chi connectivity index (χ2n) is 3.96. The van der Waals surface area contributed by atoms with E-state index >= 15 is 0 Å². The zero-order valence-corrected chi connectivity index (χ0v) is 9.06. The summed E-state index contributed by atoms with van der Waals surface area (Å²) in [4.78, 5) is 23.7. The fourth-order valence-electron chi connectivity index (χ4n) is 2.02. The molecule has 0 amide bonds. The van der Waals surface area contributed by atoms with E-state index in [1.54, 1.807) is 6.07 Å². The minimum atomic E-state index is -0.830. The first kappa shape index (κ1) is 10.7. The summed E-state index contributed by atoms with van der Waals surface area (Å²) in [5, 5.41) is 8.75. The number of carboxylic acid groups (broad SMARTS) is 1. The number of hydrogen-bond donors (Lipinski definition) is 1. The van der Waals surface area contributed by atoms with Gasteiger partial charge >= 0.3 is 5.97 Å². The largest absolute Gasteiger partial charge is 0.480 e. The molecule has 0 unspecified atom stereocenters. The van der Waals surface area contributed by atoms with Gasteiger partial charge in [-0.2, -0.15) is 0 Å². The van der Waals surface area contributed by atoms with Gasteiger partial charge in [0.25, 0.3) is 0 Å². The van der Waals surface area contributed by atoms with Gasteiger partial charge in [-0.3, -0.25) is 9.59 Å². The molecule has 1 aliphatic rings. The molecule has 4 nitrogen and oxygen atoms in total. The number of carboxylic acids is 1. The third-order valence-corrected chi connectivity index (χ3v) is 2.80. The van der Waals surface area contributed by atoms with Gasteiger partial charge < -0.3 is 10.0 Å². The zero-order valence-electron chi connectivity index (χ0n) is 9.06. The molecule has 0 bridgehead atoms. The Hall–Kier alpha value is -1.84. The number of nitrogens with zero attached hydrogens (tertiary/aromatic N) is 1. The second kappa shape index (κ2) is 3.96. The molecule has 1 N–H and O–H groups in total. The Kier molecular flexibility index (Phi) is 2.64. The molecule has 84 valence electrons. The highest BCUT2D eigenvalue weighted by Crippen LogP contribution is 2.28. The van der Waals surface area contributed by atoms with Crippen molar-refractivity contribution in [3.05, 3.63) is 29.3 Å². The van der Waals surface area contributed by atoms with Crippen molar-refractivity contribution in [2.75, 3.05) is 18.0 Å². The number of benzene rings is 1. The maximum Gasteiger partial charge on any atom is 0.323 e. The van der Waals surface area contributed by atoms with Crippen LogP contribution in [0.25, 0.3) is 0 Å². The van der Waals surface area contributed by atoms with Crippen LogP contribution in [0.2, 0.25) is 0 Å². The van der Waals surface area contributed by atoms with Gasteiger partial charge in [-0.15, -0.1) is 0 Å². The van der Waals surface area contributed by atoms with Gasteiger partial charge in [0, 0.05) is 17.8 Å². The van der Waals surface area contributed by atoms with E-state index in [-0.39, 0.29) is 12.3 Å². The Balaban J connectivity index is 2.28. The molecule has 0 fully saturated rings. The van der Waals surface area contributed by atoms with Gasteiger partial charge in [-0.25, -0.2) is 0 Å². The smallest absolute Gasteiger partial charge is 0.323 e. The number of rotatable bonds is 3. The van der Waals surface area contributed by atoms with Crippen molar-refractivity contribution < 1.29 is 14.7 Å². The van der Waals surface area contributed by atoms with Crippen LogP contribution < -0.4 is 4.90 Å². The topological polar surface area (TPSA) is 57.6 Å². The van der Waals surface area contributed by atoms with Gasteiger partial charge in [0.1, 0.15) is 6.54 Å². The first-order valence-corrected chi connectivity index (χ1v) is 5.18. The molecule has 0 saturated carbocycles. The minimum Gasteiger partial charge on any atom is -0.480 e. The van der Waals surface area contributed by atoms with E-state index in [0.717, 1.165) is 17.7 Å². The van der Waals surface area contributed by atoms with Crippen molar-refractivity contribution in [3.63, 3.8) is 0 Å². The molecule has 0 atom stereocenters. The first-order valence-electron chi connectivity index (χ1n) is 5.18. The van der Waals surface area contributed by atoms with Gasteiger partial charge in [0.15, 0.2) is 5.78 Å². The Morgan fingerprint density at radius 3 is 2.81 bits per heavy atom. The third-order valence-electron chi connectivity index (χ3n) is 2.80. The SMILES string of the molecule is CC(=O)c1ccc2c(c1)CCN2CC(=O)O. The van der Waals surface area contributed by atoms with Crippen LogP contribution in [0.15, 0.2) is 18.2 Å². The summed E-state index contributed by atoms with van der Waals surface area (Å²) in [5.74, 6) is -0.789. The molecule has 16 heavy (non-hydrogen) atoms. The van der Waals surface area contributed by atoms with E-state index in [0.29, 0.717) is 12.1 Å².